The molecule has 0 radical (unpaired) electrons. The molecule has 0 atom stereocenters. The third kappa shape index (κ3) is 48.6. The molecular formula is C44H84O14. The van der Waals surface area contributed by atoms with Gasteiger partial charge in [-0.25, -0.2) is 4.79 Å². The van der Waals surface area contributed by atoms with Crippen LogP contribution in [0.5, 0.6) is 0 Å². The van der Waals surface area contributed by atoms with E-state index in [2.05, 4.69) is 13.5 Å². The lowest BCUT2D eigenvalue weighted by molar-refractivity contribution is -0.145. The summed E-state index contributed by atoms with van der Waals surface area (Å²) in [5.74, 6) is -0.549. The SMILES string of the molecule is C=C(C)C(=O)OCCOCCOCCOCCOCCOCCOCCOCCOCCOCCOCCOC(=O)CCCCCCCCCCCCCCCCC. The van der Waals surface area contributed by atoms with E-state index in [1.54, 1.807) is 6.92 Å². The molecule has 0 N–H and O–H groups in total. The first-order valence-electron chi connectivity index (χ1n) is 22.3. The summed E-state index contributed by atoms with van der Waals surface area (Å²) in [6.07, 6.45) is 20.2. The van der Waals surface area contributed by atoms with Crippen LogP contribution in [0.2, 0.25) is 0 Å². The summed E-state index contributed by atoms with van der Waals surface area (Å²) in [4.78, 5) is 23.1. The average molecular weight is 837 g/mol. The number of unbranched alkanes of at least 4 members (excludes halogenated alkanes) is 14. The molecule has 0 aliphatic carbocycles. The minimum atomic E-state index is -0.414. The first kappa shape index (κ1) is 56.3. The van der Waals surface area contributed by atoms with Crippen LogP contribution in [-0.2, 0) is 66.4 Å². The molecule has 58 heavy (non-hydrogen) atoms. The Balaban J connectivity index is 3.14. The Bertz CT molecular complexity index is 862. The molecule has 0 saturated heterocycles. The van der Waals surface area contributed by atoms with Gasteiger partial charge in [0.25, 0.3) is 0 Å². The van der Waals surface area contributed by atoms with Gasteiger partial charge in [-0.2, -0.15) is 0 Å². The fourth-order valence-corrected chi connectivity index (χ4v) is 5.33. The van der Waals surface area contributed by atoms with Crippen molar-refractivity contribution in [1.82, 2.24) is 0 Å². The van der Waals surface area contributed by atoms with E-state index < -0.39 is 5.97 Å². The van der Waals surface area contributed by atoms with E-state index in [-0.39, 0.29) is 19.2 Å². The van der Waals surface area contributed by atoms with Crippen LogP contribution in [0.25, 0.3) is 0 Å². The molecule has 0 aliphatic heterocycles. The predicted octanol–water partition coefficient (Wildman–Crippen LogP) is 7.08. The van der Waals surface area contributed by atoms with Crippen LogP contribution in [0.1, 0.15) is 117 Å². The zero-order valence-electron chi connectivity index (χ0n) is 36.8. The molecule has 0 aromatic carbocycles. The molecule has 0 bridgehead atoms. The van der Waals surface area contributed by atoms with Crippen LogP contribution in [-0.4, -0.2) is 157 Å². The zero-order chi connectivity index (χ0) is 42.1. The van der Waals surface area contributed by atoms with Gasteiger partial charge in [0, 0.05) is 12.0 Å². The van der Waals surface area contributed by atoms with Gasteiger partial charge in [0.15, 0.2) is 0 Å². The molecule has 0 saturated carbocycles. The molecule has 0 aliphatic rings. The number of hydrogen-bond donors (Lipinski definition) is 0. The molecule has 0 amide bonds. The predicted molar refractivity (Wildman–Crippen MR) is 224 cm³/mol. The third-order valence-corrected chi connectivity index (χ3v) is 8.63. The summed E-state index contributed by atoms with van der Waals surface area (Å²) in [6.45, 7) is 17.1. The summed E-state index contributed by atoms with van der Waals surface area (Å²) in [6, 6.07) is 0. The number of carbonyl (C=O) groups is 2. The van der Waals surface area contributed by atoms with Crippen molar-refractivity contribution >= 4 is 11.9 Å². The van der Waals surface area contributed by atoms with Gasteiger partial charge in [-0.1, -0.05) is 103 Å². The van der Waals surface area contributed by atoms with Crippen LogP contribution >= 0.6 is 0 Å². The Labute approximate surface area is 351 Å². The maximum atomic E-state index is 11.9. The van der Waals surface area contributed by atoms with Crippen molar-refractivity contribution in [3.63, 3.8) is 0 Å². The second-order valence-electron chi connectivity index (χ2n) is 14.0. The molecule has 0 rings (SSSR count). The smallest absolute Gasteiger partial charge is 0.333 e. The highest BCUT2D eigenvalue weighted by Crippen LogP contribution is 2.14. The van der Waals surface area contributed by atoms with Gasteiger partial charge >= 0.3 is 11.9 Å². The van der Waals surface area contributed by atoms with Crippen molar-refractivity contribution in [2.75, 3.05) is 145 Å². The second-order valence-corrected chi connectivity index (χ2v) is 14.0. The average Bonchev–Trinajstić information content (AvgIpc) is 3.22. The number of ether oxygens (including phenoxy) is 12. The first-order valence-corrected chi connectivity index (χ1v) is 22.3. The minimum Gasteiger partial charge on any atom is -0.463 e. The minimum absolute atomic E-state index is 0.135. The summed E-state index contributed by atoms with van der Waals surface area (Å²) >= 11 is 0. The number of carbonyl (C=O) groups excluding carboxylic acids is 2. The molecule has 14 heteroatoms. The molecule has 0 aromatic rings. The Morgan fingerprint density at radius 2 is 0.552 bits per heavy atom. The summed E-state index contributed by atoms with van der Waals surface area (Å²) in [7, 11) is 0. The van der Waals surface area contributed by atoms with Crippen LogP contribution in [0.15, 0.2) is 12.2 Å². The van der Waals surface area contributed by atoms with E-state index in [4.69, 9.17) is 56.8 Å². The van der Waals surface area contributed by atoms with Crippen molar-refractivity contribution in [1.29, 1.82) is 0 Å². The van der Waals surface area contributed by atoms with E-state index in [9.17, 15) is 9.59 Å². The number of rotatable bonds is 50. The normalized spacial score (nSPS) is 11.3. The Morgan fingerprint density at radius 1 is 0.328 bits per heavy atom. The van der Waals surface area contributed by atoms with Gasteiger partial charge in [-0.3, -0.25) is 4.79 Å². The fourth-order valence-electron chi connectivity index (χ4n) is 5.33. The van der Waals surface area contributed by atoms with Crippen molar-refractivity contribution in [2.24, 2.45) is 0 Å². The van der Waals surface area contributed by atoms with Crippen molar-refractivity contribution in [3.8, 4) is 0 Å². The number of hydrogen-bond acceptors (Lipinski definition) is 14. The Morgan fingerprint density at radius 3 is 0.810 bits per heavy atom. The monoisotopic (exact) mass is 837 g/mol. The maximum Gasteiger partial charge on any atom is 0.333 e. The Kier molecular flexibility index (Phi) is 48.2. The number of esters is 2. The van der Waals surface area contributed by atoms with E-state index in [1.807, 2.05) is 0 Å². The van der Waals surface area contributed by atoms with Crippen molar-refractivity contribution in [2.45, 2.75) is 117 Å². The highest BCUT2D eigenvalue weighted by atomic mass is 16.6. The Hall–Kier alpha value is -1.72. The maximum absolute atomic E-state index is 11.9. The topological polar surface area (TPSA) is 145 Å². The lowest BCUT2D eigenvalue weighted by atomic mass is 10.0. The lowest BCUT2D eigenvalue weighted by Crippen LogP contribution is -2.16. The van der Waals surface area contributed by atoms with Gasteiger partial charge in [-0.15, -0.1) is 0 Å². The van der Waals surface area contributed by atoms with E-state index >= 15 is 0 Å². The van der Waals surface area contributed by atoms with E-state index in [1.165, 1.54) is 83.5 Å². The van der Waals surface area contributed by atoms with Crippen LogP contribution in [0.3, 0.4) is 0 Å². The zero-order valence-corrected chi connectivity index (χ0v) is 36.8. The quantitative estimate of drug-likeness (QED) is 0.0350. The first-order chi connectivity index (χ1) is 28.6. The molecule has 0 spiro atoms. The molecule has 14 nitrogen and oxygen atoms in total. The fraction of sp³-hybridized carbons (Fsp3) is 0.909. The summed E-state index contributed by atoms with van der Waals surface area (Å²) in [5.41, 5.74) is 0.368. The van der Waals surface area contributed by atoms with Crippen LogP contribution in [0.4, 0.5) is 0 Å². The lowest BCUT2D eigenvalue weighted by Gasteiger charge is -2.09. The van der Waals surface area contributed by atoms with Gasteiger partial charge in [0.2, 0.25) is 0 Å². The standard InChI is InChI=1S/C44H84O14/c1-4-5-6-7-8-9-10-11-12-13-14-15-16-17-18-19-43(45)57-40-38-55-36-34-53-32-30-51-28-26-49-24-22-47-20-21-48-23-25-50-27-29-52-31-33-54-35-37-56-39-41-58-44(46)42(2)3/h2,4-41H2,1,3H3. The molecule has 0 fully saturated rings. The van der Waals surface area contributed by atoms with Crippen LogP contribution in [0, 0.1) is 0 Å². The summed E-state index contributed by atoms with van der Waals surface area (Å²) < 4.78 is 64.8. The van der Waals surface area contributed by atoms with E-state index in [0.29, 0.717) is 144 Å². The van der Waals surface area contributed by atoms with Gasteiger partial charge < -0.3 is 56.8 Å². The summed E-state index contributed by atoms with van der Waals surface area (Å²) in [5, 5.41) is 0. The van der Waals surface area contributed by atoms with E-state index in [0.717, 1.165) is 12.8 Å². The van der Waals surface area contributed by atoms with Gasteiger partial charge in [0.05, 0.1) is 132 Å². The van der Waals surface area contributed by atoms with Gasteiger partial charge in [-0.05, 0) is 13.3 Å². The highest BCUT2D eigenvalue weighted by molar-refractivity contribution is 5.86. The van der Waals surface area contributed by atoms with Crippen molar-refractivity contribution < 1.29 is 66.4 Å². The molecule has 0 heterocycles. The van der Waals surface area contributed by atoms with Gasteiger partial charge in [0.1, 0.15) is 13.2 Å². The second kappa shape index (κ2) is 49.6. The molecule has 344 valence electrons. The molecule has 0 unspecified atom stereocenters. The largest absolute Gasteiger partial charge is 0.463 e. The third-order valence-electron chi connectivity index (χ3n) is 8.63. The van der Waals surface area contributed by atoms with Crippen LogP contribution < -0.4 is 0 Å². The molecule has 0 aromatic heterocycles. The molecular weight excluding hydrogens is 752 g/mol. The van der Waals surface area contributed by atoms with Crippen molar-refractivity contribution in [3.05, 3.63) is 12.2 Å². The highest BCUT2D eigenvalue weighted by Gasteiger charge is 2.04.